The third kappa shape index (κ3) is 4.21. The van der Waals surface area contributed by atoms with Gasteiger partial charge in [-0.15, -0.1) is 0 Å². The lowest BCUT2D eigenvalue weighted by Crippen LogP contribution is -2.33. The van der Waals surface area contributed by atoms with Crippen LogP contribution in [0, 0.1) is 13.8 Å². The standard InChI is InChI=1S/C18H22N2O3S/c1-4-15-10-7-9-14(3)18(15)20-17(21)12-19-24(22,23)16-11-6-5-8-13(16)2/h5-11,19H,4,12H2,1-3H3,(H,20,21). The van der Waals surface area contributed by atoms with E-state index in [1.165, 1.54) is 6.07 Å². The summed E-state index contributed by atoms with van der Waals surface area (Å²) in [6.07, 6.45) is 0.784. The maximum atomic E-state index is 12.3. The smallest absolute Gasteiger partial charge is 0.241 e. The first-order valence-corrected chi connectivity index (χ1v) is 9.27. The van der Waals surface area contributed by atoms with Crippen LogP contribution in [0.4, 0.5) is 5.69 Å². The van der Waals surface area contributed by atoms with E-state index >= 15 is 0 Å². The number of nitrogens with one attached hydrogen (secondary N) is 2. The van der Waals surface area contributed by atoms with Crippen LogP contribution in [0.25, 0.3) is 0 Å². The number of sulfonamides is 1. The molecule has 128 valence electrons. The van der Waals surface area contributed by atoms with Gasteiger partial charge in [-0.25, -0.2) is 13.1 Å². The molecule has 1 amide bonds. The van der Waals surface area contributed by atoms with Crippen molar-refractivity contribution < 1.29 is 13.2 Å². The minimum atomic E-state index is -3.71. The molecule has 24 heavy (non-hydrogen) atoms. The van der Waals surface area contributed by atoms with Crippen molar-refractivity contribution >= 4 is 21.6 Å². The molecule has 0 aromatic heterocycles. The summed E-state index contributed by atoms with van der Waals surface area (Å²) in [5.41, 5.74) is 3.35. The van der Waals surface area contributed by atoms with Gasteiger partial charge in [0.1, 0.15) is 0 Å². The van der Waals surface area contributed by atoms with Gasteiger partial charge in [0.15, 0.2) is 0 Å². The van der Waals surface area contributed by atoms with Crippen LogP contribution < -0.4 is 10.0 Å². The Bertz CT molecular complexity index is 845. The fourth-order valence-electron chi connectivity index (χ4n) is 2.48. The van der Waals surface area contributed by atoms with Crippen molar-refractivity contribution in [2.45, 2.75) is 32.1 Å². The number of aryl methyl sites for hydroxylation is 3. The lowest BCUT2D eigenvalue weighted by Gasteiger charge is -2.14. The van der Waals surface area contributed by atoms with E-state index in [9.17, 15) is 13.2 Å². The molecule has 0 spiro atoms. The number of para-hydroxylation sites is 1. The van der Waals surface area contributed by atoms with E-state index in [-0.39, 0.29) is 11.4 Å². The number of hydrogen-bond donors (Lipinski definition) is 2. The Morgan fingerprint density at radius 3 is 2.33 bits per heavy atom. The van der Waals surface area contributed by atoms with Gasteiger partial charge in [-0.05, 0) is 43.0 Å². The molecule has 0 heterocycles. The molecule has 6 heteroatoms. The molecule has 0 saturated heterocycles. The Labute approximate surface area is 143 Å². The molecule has 0 bridgehead atoms. The zero-order chi connectivity index (χ0) is 17.7. The number of benzene rings is 2. The van der Waals surface area contributed by atoms with Gasteiger partial charge in [-0.1, -0.05) is 43.3 Å². The van der Waals surface area contributed by atoms with Gasteiger partial charge in [-0.2, -0.15) is 0 Å². The molecule has 0 atom stereocenters. The number of carbonyl (C=O) groups excluding carboxylic acids is 1. The van der Waals surface area contributed by atoms with Crippen LogP contribution in [0.3, 0.4) is 0 Å². The Hall–Kier alpha value is -2.18. The maximum absolute atomic E-state index is 12.3. The Balaban J connectivity index is 2.08. The van der Waals surface area contributed by atoms with Gasteiger partial charge >= 0.3 is 0 Å². The van der Waals surface area contributed by atoms with Gasteiger partial charge in [0.25, 0.3) is 0 Å². The molecule has 5 nitrogen and oxygen atoms in total. The second kappa shape index (κ2) is 7.59. The average Bonchev–Trinajstić information content (AvgIpc) is 2.55. The molecule has 0 unspecified atom stereocenters. The summed E-state index contributed by atoms with van der Waals surface area (Å²) in [5, 5.41) is 2.80. The minimum Gasteiger partial charge on any atom is -0.324 e. The van der Waals surface area contributed by atoms with Crippen LogP contribution in [0.2, 0.25) is 0 Å². The fraction of sp³-hybridized carbons (Fsp3) is 0.278. The largest absolute Gasteiger partial charge is 0.324 e. The number of rotatable bonds is 6. The normalized spacial score (nSPS) is 11.3. The minimum absolute atomic E-state index is 0.183. The van der Waals surface area contributed by atoms with Crippen LogP contribution in [-0.4, -0.2) is 20.9 Å². The quantitative estimate of drug-likeness (QED) is 0.844. The van der Waals surface area contributed by atoms with E-state index in [1.54, 1.807) is 25.1 Å². The highest BCUT2D eigenvalue weighted by Crippen LogP contribution is 2.21. The van der Waals surface area contributed by atoms with Crippen LogP contribution in [0.15, 0.2) is 47.4 Å². The topological polar surface area (TPSA) is 75.3 Å². The summed E-state index contributed by atoms with van der Waals surface area (Å²) in [6.45, 7) is 5.32. The van der Waals surface area contributed by atoms with Gasteiger partial charge in [0.2, 0.25) is 15.9 Å². The molecule has 0 aliphatic rings. The number of hydrogen-bond acceptors (Lipinski definition) is 3. The summed E-state index contributed by atoms with van der Waals surface area (Å²) in [6, 6.07) is 12.5. The molecular formula is C18H22N2O3S. The van der Waals surface area contributed by atoms with Crippen molar-refractivity contribution in [3.8, 4) is 0 Å². The Morgan fingerprint density at radius 1 is 1.00 bits per heavy atom. The van der Waals surface area contributed by atoms with Crippen molar-refractivity contribution in [2.75, 3.05) is 11.9 Å². The summed E-state index contributed by atoms with van der Waals surface area (Å²) in [4.78, 5) is 12.3. The SMILES string of the molecule is CCc1cccc(C)c1NC(=O)CNS(=O)(=O)c1ccccc1C. The van der Waals surface area contributed by atoms with E-state index in [1.807, 2.05) is 32.0 Å². The predicted octanol–water partition coefficient (Wildman–Crippen LogP) is 2.78. The molecule has 0 aliphatic heterocycles. The third-order valence-corrected chi connectivity index (χ3v) is 5.37. The van der Waals surface area contributed by atoms with Crippen LogP contribution in [0.1, 0.15) is 23.6 Å². The molecule has 0 aliphatic carbocycles. The number of anilines is 1. The molecule has 2 rings (SSSR count). The highest BCUT2D eigenvalue weighted by molar-refractivity contribution is 7.89. The Morgan fingerprint density at radius 2 is 1.67 bits per heavy atom. The fourth-order valence-corrected chi connectivity index (χ4v) is 3.71. The van der Waals surface area contributed by atoms with Gasteiger partial charge in [0.05, 0.1) is 11.4 Å². The van der Waals surface area contributed by atoms with Crippen molar-refractivity contribution in [3.05, 3.63) is 59.2 Å². The second-order valence-electron chi connectivity index (χ2n) is 5.60. The van der Waals surface area contributed by atoms with E-state index in [0.29, 0.717) is 5.56 Å². The van der Waals surface area contributed by atoms with E-state index in [2.05, 4.69) is 10.0 Å². The van der Waals surface area contributed by atoms with E-state index < -0.39 is 15.9 Å². The third-order valence-electron chi connectivity index (χ3n) is 3.81. The number of carbonyl (C=O) groups is 1. The summed E-state index contributed by atoms with van der Waals surface area (Å²) in [5.74, 6) is -0.392. The zero-order valence-electron chi connectivity index (χ0n) is 14.1. The molecule has 2 aromatic rings. The molecular weight excluding hydrogens is 324 g/mol. The molecule has 0 fully saturated rings. The second-order valence-corrected chi connectivity index (χ2v) is 7.34. The van der Waals surface area contributed by atoms with Crippen LogP contribution in [0.5, 0.6) is 0 Å². The lowest BCUT2D eigenvalue weighted by molar-refractivity contribution is -0.115. The predicted molar refractivity (Wildman–Crippen MR) is 95.6 cm³/mol. The highest BCUT2D eigenvalue weighted by Gasteiger charge is 2.18. The van der Waals surface area contributed by atoms with Crippen molar-refractivity contribution in [1.82, 2.24) is 4.72 Å². The van der Waals surface area contributed by atoms with Crippen LogP contribution >= 0.6 is 0 Å². The first-order chi connectivity index (χ1) is 11.3. The monoisotopic (exact) mass is 346 g/mol. The average molecular weight is 346 g/mol. The molecule has 2 N–H and O–H groups in total. The zero-order valence-corrected chi connectivity index (χ0v) is 14.9. The first kappa shape index (κ1) is 18.2. The van der Waals surface area contributed by atoms with Crippen molar-refractivity contribution in [3.63, 3.8) is 0 Å². The van der Waals surface area contributed by atoms with Gasteiger partial charge in [-0.3, -0.25) is 4.79 Å². The number of amides is 1. The summed E-state index contributed by atoms with van der Waals surface area (Å²) < 4.78 is 27.0. The van der Waals surface area contributed by atoms with E-state index in [4.69, 9.17) is 0 Å². The summed E-state index contributed by atoms with van der Waals surface area (Å²) in [7, 11) is -3.71. The molecule has 0 saturated carbocycles. The molecule has 0 radical (unpaired) electrons. The van der Waals surface area contributed by atoms with Crippen molar-refractivity contribution in [2.24, 2.45) is 0 Å². The van der Waals surface area contributed by atoms with Crippen molar-refractivity contribution in [1.29, 1.82) is 0 Å². The maximum Gasteiger partial charge on any atom is 0.241 e. The Kier molecular flexibility index (Phi) is 5.75. The first-order valence-electron chi connectivity index (χ1n) is 7.78. The summed E-state index contributed by atoms with van der Waals surface area (Å²) >= 11 is 0. The van der Waals surface area contributed by atoms with Crippen LogP contribution in [-0.2, 0) is 21.2 Å². The van der Waals surface area contributed by atoms with Gasteiger partial charge < -0.3 is 5.32 Å². The van der Waals surface area contributed by atoms with Gasteiger partial charge in [0, 0.05) is 5.69 Å². The lowest BCUT2D eigenvalue weighted by atomic mass is 10.1. The molecule has 2 aromatic carbocycles. The van der Waals surface area contributed by atoms with E-state index in [0.717, 1.165) is 23.2 Å². The highest BCUT2D eigenvalue weighted by atomic mass is 32.2.